The molecule has 3 rings (SSSR count). The number of carboxylic acids is 1. The quantitative estimate of drug-likeness (QED) is 0.909. The third-order valence-corrected chi connectivity index (χ3v) is 4.07. The van der Waals surface area contributed by atoms with Crippen molar-refractivity contribution in [1.29, 1.82) is 0 Å². The van der Waals surface area contributed by atoms with E-state index in [0.29, 0.717) is 23.7 Å². The number of hydrogen-bond acceptors (Lipinski definition) is 4. The summed E-state index contributed by atoms with van der Waals surface area (Å²) in [6, 6.07) is 3.09. The van der Waals surface area contributed by atoms with E-state index in [1.54, 1.807) is 13.8 Å². The Hall–Kier alpha value is -2.57. The van der Waals surface area contributed by atoms with Gasteiger partial charge in [-0.1, -0.05) is 0 Å². The zero-order valence-corrected chi connectivity index (χ0v) is 13.2. The molecule has 0 spiro atoms. The van der Waals surface area contributed by atoms with Crippen molar-refractivity contribution in [2.24, 2.45) is 11.8 Å². The molecule has 5 nitrogen and oxygen atoms in total. The van der Waals surface area contributed by atoms with Crippen molar-refractivity contribution < 1.29 is 23.4 Å². The predicted octanol–water partition coefficient (Wildman–Crippen LogP) is 3.21. The topological polar surface area (TPSA) is 72.3 Å². The van der Waals surface area contributed by atoms with E-state index in [9.17, 15) is 13.6 Å². The molecule has 0 amide bonds. The van der Waals surface area contributed by atoms with Gasteiger partial charge in [-0.3, -0.25) is 4.79 Å². The summed E-state index contributed by atoms with van der Waals surface area (Å²) < 4.78 is 33.0. The Morgan fingerprint density at radius 3 is 2.50 bits per heavy atom. The molecule has 1 unspecified atom stereocenters. The summed E-state index contributed by atoms with van der Waals surface area (Å²) in [5.74, 6) is -2.42. The first-order valence-electron chi connectivity index (χ1n) is 7.51. The monoisotopic (exact) mass is 334 g/mol. The lowest BCUT2D eigenvalue weighted by Gasteiger charge is -2.20. The van der Waals surface area contributed by atoms with Gasteiger partial charge in [-0.15, -0.1) is 0 Å². The summed E-state index contributed by atoms with van der Waals surface area (Å²) in [6.45, 7) is 3.46. The first-order chi connectivity index (χ1) is 11.3. The van der Waals surface area contributed by atoms with Crippen LogP contribution < -0.4 is 4.74 Å². The lowest BCUT2D eigenvalue weighted by Crippen LogP contribution is -2.15. The van der Waals surface area contributed by atoms with E-state index >= 15 is 0 Å². The number of hydrogen-bond donors (Lipinski definition) is 1. The van der Waals surface area contributed by atoms with Gasteiger partial charge in [0.15, 0.2) is 5.75 Å². The molecule has 24 heavy (non-hydrogen) atoms. The number of benzene rings is 1. The van der Waals surface area contributed by atoms with E-state index in [0.717, 1.165) is 18.2 Å². The smallest absolute Gasteiger partial charge is 0.306 e. The number of rotatable bonds is 5. The Labute approximate surface area is 137 Å². The van der Waals surface area contributed by atoms with Gasteiger partial charge in [0.1, 0.15) is 23.6 Å². The van der Waals surface area contributed by atoms with Gasteiger partial charge >= 0.3 is 5.97 Å². The third-order valence-electron chi connectivity index (χ3n) is 4.07. The second-order valence-electron chi connectivity index (χ2n) is 5.95. The first-order valence-corrected chi connectivity index (χ1v) is 7.51. The minimum Gasteiger partial charge on any atom is -0.482 e. The second-order valence-corrected chi connectivity index (χ2v) is 5.95. The molecule has 1 aliphatic rings. The van der Waals surface area contributed by atoms with Gasteiger partial charge in [0.05, 0.1) is 17.8 Å². The Balaban J connectivity index is 1.95. The normalized spacial score (nSPS) is 20.5. The highest BCUT2D eigenvalue weighted by atomic mass is 19.1. The Morgan fingerprint density at radius 2 is 1.96 bits per heavy atom. The zero-order valence-electron chi connectivity index (χ0n) is 13.2. The number of aliphatic carboxylic acids is 1. The maximum atomic E-state index is 13.6. The van der Waals surface area contributed by atoms with Crippen LogP contribution in [0.25, 0.3) is 0 Å². The van der Waals surface area contributed by atoms with Crippen molar-refractivity contribution in [3.8, 4) is 5.75 Å². The summed E-state index contributed by atoms with van der Waals surface area (Å²) in [4.78, 5) is 19.4. The summed E-state index contributed by atoms with van der Waals surface area (Å²) in [6.07, 6.45) is 1.10. The van der Waals surface area contributed by atoms with Gasteiger partial charge in [0.25, 0.3) is 0 Å². The van der Waals surface area contributed by atoms with Gasteiger partial charge in [0.2, 0.25) is 0 Å². The molecule has 3 atom stereocenters. The molecule has 1 aromatic heterocycles. The molecule has 1 fully saturated rings. The van der Waals surface area contributed by atoms with Crippen LogP contribution in [0.1, 0.15) is 29.6 Å². The van der Waals surface area contributed by atoms with E-state index in [2.05, 4.69) is 9.97 Å². The van der Waals surface area contributed by atoms with Crippen LogP contribution in [0, 0.1) is 37.3 Å². The SMILES string of the molecule is Cc1ncc(OC(c2cc(F)cc(F)c2)[C@@H]2C[C@@H]2C(=O)O)c(C)n1. The largest absolute Gasteiger partial charge is 0.482 e. The number of aromatic nitrogens is 2. The number of carbonyl (C=O) groups is 1. The summed E-state index contributed by atoms with van der Waals surface area (Å²) >= 11 is 0. The first kappa shape index (κ1) is 16.3. The van der Waals surface area contributed by atoms with Crippen molar-refractivity contribution in [3.05, 3.63) is 53.1 Å². The summed E-state index contributed by atoms with van der Waals surface area (Å²) in [5, 5.41) is 9.16. The standard InChI is InChI=1S/C17H16F2N2O3/c1-8-15(7-20-9(2)21-8)24-16(13-6-14(13)17(22)23)10-3-11(18)5-12(19)4-10/h3-5,7,13-14,16H,6H2,1-2H3,(H,22,23)/t13-,14+,16?/m1/s1. The maximum Gasteiger partial charge on any atom is 0.306 e. The van der Waals surface area contributed by atoms with Crippen molar-refractivity contribution in [2.75, 3.05) is 0 Å². The molecule has 0 aliphatic heterocycles. The molecule has 1 heterocycles. The van der Waals surface area contributed by atoms with E-state index in [4.69, 9.17) is 9.84 Å². The molecule has 0 radical (unpaired) electrons. The van der Waals surface area contributed by atoms with E-state index in [1.165, 1.54) is 6.20 Å². The van der Waals surface area contributed by atoms with E-state index < -0.39 is 29.6 Å². The number of aryl methyl sites for hydroxylation is 2. The third kappa shape index (κ3) is 3.34. The number of carboxylic acid groups (broad SMARTS) is 1. The van der Waals surface area contributed by atoms with Gasteiger partial charge in [-0.25, -0.2) is 18.7 Å². The lowest BCUT2D eigenvalue weighted by atomic mass is 10.0. The molecule has 1 aromatic carbocycles. The van der Waals surface area contributed by atoms with Crippen LogP contribution in [0.2, 0.25) is 0 Å². The lowest BCUT2D eigenvalue weighted by molar-refractivity contribution is -0.139. The van der Waals surface area contributed by atoms with Crippen molar-refractivity contribution in [3.63, 3.8) is 0 Å². The van der Waals surface area contributed by atoms with Gasteiger partial charge in [0, 0.05) is 12.0 Å². The summed E-state index contributed by atoms with van der Waals surface area (Å²) in [5.41, 5.74) is 0.845. The highest BCUT2D eigenvalue weighted by Crippen LogP contribution is 2.49. The summed E-state index contributed by atoms with van der Waals surface area (Å²) in [7, 11) is 0. The number of halogens is 2. The van der Waals surface area contributed by atoms with Crippen LogP contribution in [0.15, 0.2) is 24.4 Å². The maximum absolute atomic E-state index is 13.6. The van der Waals surface area contributed by atoms with Crippen LogP contribution in [-0.4, -0.2) is 21.0 Å². The fraction of sp³-hybridized carbons (Fsp3) is 0.353. The highest BCUT2D eigenvalue weighted by Gasteiger charge is 2.50. The Kier molecular flexibility index (Phi) is 4.17. The van der Waals surface area contributed by atoms with Gasteiger partial charge < -0.3 is 9.84 Å². The molecular weight excluding hydrogens is 318 g/mol. The fourth-order valence-electron chi connectivity index (χ4n) is 2.80. The molecule has 0 bridgehead atoms. The average molecular weight is 334 g/mol. The predicted molar refractivity (Wildman–Crippen MR) is 80.5 cm³/mol. The van der Waals surface area contributed by atoms with Crippen molar-refractivity contribution in [1.82, 2.24) is 9.97 Å². The van der Waals surface area contributed by atoms with Gasteiger partial charge in [-0.05, 0) is 38.0 Å². The van der Waals surface area contributed by atoms with E-state index in [-0.39, 0.29) is 11.5 Å². The fourth-order valence-corrected chi connectivity index (χ4v) is 2.80. The second kappa shape index (κ2) is 6.14. The zero-order chi connectivity index (χ0) is 17.4. The molecule has 7 heteroatoms. The highest BCUT2D eigenvalue weighted by molar-refractivity contribution is 5.73. The molecule has 0 saturated heterocycles. The van der Waals surface area contributed by atoms with Gasteiger partial charge in [-0.2, -0.15) is 0 Å². The molecule has 1 N–H and O–H groups in total. The molecule has 126 valence electrons. The van der Waals surface area contributed by atoms with Crippen LogP contribution in [0.5, 0.6) is 5.75 Å². The Bertz CT molecular complexity index is 777. The van der Waals surface area contributed by atoms with Crippen molar-refractivity contribution in [2.45, 2.75) is 26.4 Å². The minimum absolute atomic E-state index is 0.265. The van der Waals surface area contributed by atoms with Crippen LogP contribution in [-0.2, 0) is 4.79 Å². The number of ether oxygens (including phenoxy) is 1. The molecular formula is C17H16F2N2O3. The van der Waals surface area contributed by atoms with Crippen molar-refractivity contribution >= 4 is 5.97 Å². The average Bonchev–Trinajstić information content (AvgIpc) is 3.25. The molecule has 1 aliphatic carbocycles. The molecule has 2 aromatic rings. The van der Waals surface area contributed by atoms with Crippen LogP contribution in [0.4, 0.5) is 8.78 Å². The Morgan fingerprint density at radius 1 is 1.29 bits per heavy atom. The van der Waals surface area contributed by atoms with Crippen LogP contribution in [0.3, 0.4) is 0 Å². The minimum atomic E-state index is -0.942. The van der Waals surface area contributed by atoms with Crippen LogP contribution >= 0.6 is 0 Å². The van der Waals surface area contributed by atoms with E-state index in [1.807, 2.05) is 0 Å². The number of nitrogens with zero attached hydrogens (tertiary/aromatic N) is 2. The molecule has 1 saturated carbocycles.